The van der Waals surface area contributed by atoms with Gasteiger partial charge >= 0.3 is 6.18 Å². The van der Waals surface area contributed by atoms with E-state index in [1.807, 2.05) is 0 Å². The zero-order valence-electron chi connectivity index (χ0n) is 10.9. The number of non-ortho nitro benzene ring substituents is 1. The van der Waals surface area contributed by atoms with Gasteiger partial charge in [-0.05, 0) is 12.1 Å². The van der Waals surface area contributed by atoms with Crippen LogP contribution < -0.4 is 0 Å². The minimum Gasteiger partial charge on any atom is -0.258 e. The second-order valence-corrected chi connectivity index (χ2v) is 4.98. The Bertz CT molecular complexity index is 685. The first kappa shape index (κ1) is 16.0. The van der Waals surface area contributed by atoms with E-state index < -0.39 is 16.8 Å². The normalized spacial score (nSPS) is 12.2. The minimum absolute atomic E-state index is 0.0376. The van der Waals surface area contributed by atoms with Crippen LogP contribution in [0.5, 0.6) is 0 Å². The van der Waals surface area contributed by atoms with E-state index in [-0.39, 0.29) is 11.3 Å². The van der Waals surface area contributed by atoms with Crippen LogP contribution in [-0.2, 0) is 0 Å². The molecule has 0 radical (unpaired) electrons. The summed E-state index contributed by atoms with van der Waals surface area (Å²) in [6.45, 7) is 0. The third-order valence-corrected chi connectivity index (χ3v) is 3.36. The maximum Gasteiger partial charge on any atom is 0.434 e. The van der Waals surface area contributed by atoms with E-state index in [2.05, 4.69) is 4.40 Å². The van der Waals surface area contributed by atoms with Gasteiger partial charge in [0, 0.05) is 34.5 Å². The summed E-state index contributed by atoms with van der Waals surface area (Å²) in [6, 6.07) is 12.4. The van der Waals surface area contributed by atoms with Crippen LogP contribution in [0.1, 0.15) is 5.56 Å². The van der Waals surface area contributed by atoms with Crippen molar-refractivity contribution in [1.82, 2.24) is 0 Å². The Morgan fingerprint density at radius 1 is 1.05 bits per heavy atom. The SMILES string of the molecule is O=[N+]([O-])c1ccc(S/N=C(\c2ccccc2)C(F)(F)F)cc1. The number of hydrogen-bond acceptors (Lipinski definition) is 4. The van der Waals surface area contributed by atoms with Crippen LogP contribution in [0.25, 0.3) is 0 Å². The molecule has 0 aromatic heterocycles. The Balaban J connectivity index is 2.26. The van der Waals surface area contributed by atoms with Crippen molar-refractivity contribution in [1.29, 1.82) is 0 Å². The molecule has 22 heavy (non-hydrogen) atoms. The first-order valence-corrected chi connectivity index (χ1v) is 6.77. The number of nitro benzene ring substituents is 1. The molecule has 0 amide bonds. The molecule has 114 valence electrons. The van der Waals surface area contributed by atoms with Gasteiger partial charge in [-0.3, -0.25) is 10.1 Å². The number of alkyl halides is 3. The van der Waals surface area contributed by atoms with Gasteiger partial charge in [0.25, 0.3) is 5.69 Å². The van der Waals surface area contributed by atoms with Gasteiger partial charge in [0.05, 0.1) is 4.92 Å². The van der Waals surface area contributed by atoms with Crippen molar-refractivity contribution in [3.63, 3.8) is 0 Å². The molecule has 0 spiro atoms. The van der Waals surface area contributed by atoms with Gasteiger partial charge < -0.3 is 0 Å². The van der Waals surface area contributed by atoms with E-state index in [1.54, 1.807) is 6.07 Å². The van der Waals surface area contributed by atoms with Crippen LogP contribution in [0.2, 0.25) is 0 Å². The third kappa shape index (κ3) is 4.08. The second-order valence-electron chi connectivity index (χ2n) is 4.15. The summed E-state index contributed by atoms with van der Waals surface area (Å²) >= 11 is 0.616. The number of rotatable bonds is 4. The molecule has 0 saturated heterocycles. The molecule has 2 aromatic carbocycles. The Kier molecular flexibility index (Phi) is 4.81. The molecular formula is C14H9F3N2O2S. The number of halogens is 3. The summed E-state index contributed by atoms with van der Waals surface area (Å²) in [4.78, 5) is 10.3. The first-order valence-electron chi connectivity index (χ1n) is 6.00. The van der Waals surface area contributed by atoms with E-state index in [4.69, 9.17) is 0 Å². The van der Waals surface area contributed by atoms with E-state index >= 15 is 0 Å². The highest BCUT2D eigenvalue weighted by molar-refractivity contribution is 7.98. The van der Waals surface area contributed by atoms with Gasteiger partial charge in [-0.15, -0.1) is 0 Å². The molecule has 0 bridgehead atoms. The van der Waals surface area contributed by atoms with Crippen molar-refractivity contribution in [3.05, 3.63) is 70.3 Å². The Morgan fingerprint density at radius 3 is 2.14 bits per heavy atom. The summed E-state index contributed by atoms with van der Waals surface area (Å²) < 4.78 is 42.7. The van der Waals surface area contributed by atoms with Crippen molar-refractivity contribution in [3.8, 4) is 0 Å². The summed E-state index contributed by atoms with van der Waals surface area (Å²) in [6.07, 6.45) is -4.59. The number of nitrogens with zero attached hydrogens (tertiary/aromatic N) is 2. The van der Waals surface area contributed by atoms with Gasteiger partial charge in [-0.2, -0.15) is 13.2 Å². The van der Waals surface area contributed by atoms with Crippen molar-refractivity contribution in [2.75, 3.05) is 0 Å². The molecule has 8 heteroatoms. The molecule has 0 heterocycles. The molecule has 0 fully saturated rings. The number of benzene rings is 2. The average molecular weight is 326 g/mol. The van der Waals surface area contributed by atoms with Crippen LogP contribution >= 0.6 is 11.9 Å². The Hall–Kier alpha value is -2.35. The van der Waals surface area contributed by atoms with Gasteiger partial charge in [0.2, 0.25) is 0 Å². The predicted octanol–water partition coefficient (Wildman–Crippen LogP) is 4.65. The molecule has 4 nitrogen and oxygen atoms in total. The molecule has 0 aliphatic carbocycles. The maximum atomic E-state index is 13.0. The Morgan fingerprint density at radius 2 is 1.64 bits per heavy atom. The van der Waals surface area contributed by atoms with Gasteiger partial charge in [0.15, 0.2) is 5.71 Å². The van der Waals surface area contributed by atoms with Crippen LogP contribution in [0.4, 0.5) is 18.9 Å². The largest absolute Gasteiger partial charge is 0.434 e. The van der Waals surface area contributed by atoms with Crippen molar-refractivity contribution in [2.24, 2.45) is 4.40 Å². The van der Waals surface area contributed by atoms with Gasteiger partial charge in [0.1, 0.15) is 0 Å². The average Bonchev–Trinajstić information content (AvgIpc) is 2.47. The molecule has 0 saturated carbocycles. The fourth-order valence-electron chi connectivity index (χ4n) is 1.59. The summed E-state index contributed by atoms with van der Waals surface area (Å²) in [5.41, 5.74) is -1.17. The lowest BCUT2D eigenvalue weighted by Gasteiger charge is -2.10. The van der Waals surface area contributed by atoms with Crippen LogP contribution in [0, 0.1) is 10.1 Å². The quantitative estimate of drug-likeness (QED) is 0.355. The van der Waals surface area contributed by atoms with E-state index in [0.29, 0.717) is 16.8 Å². The predicted molar refractivity (Wildman–Crippen MR) is 78.0 cm³/mol. The van der Waals surface area contributed by atoms with Crippen molar-refractivity contribution >= 4 is 23.3 Å². The molecule has 0 N–H and O–H groups in total. The lowest BCUT2D eigenvalue weighted by Crippen LogP contribution is -2.23. The summed E-state index contributed by atoms with van der Waals surface area (Å²) in [5.74, 6) is 0. The molecule has 2 rings (SSSR count). The van der Waals surface area contributed by atoms with Gasteiger partial charge in [-0.25, -0.2) is 4.40 Å². The lowest BCUT2D eigenvalue weighted by molar-refractivity contribution is -0.384. The molecular weight excluding hydrogens is 317 g/mol. The molecule has 2 aromatic rings. The molecule has 0 aliphatic heterocycles. The smallest absolute Gasteiger partial charge is 0.258 e. The van der Waals surface area contributed by atoms with Crippen molar-refractivity contribution in [2.45, 2.75) is 11.1 Å². The zero-order chi connectivity index (χ0) is 16.2. The highest BCUT2D eigenvalue weighted by Gasteiger charge is 2.36. The highest BCUT2D eigenvalue weighted by Crippen LogP contribution is 2.28. The minimum atomic E-state index is -4.59. The van der Waals surface area contributed by atoms with E-state index in [1.165, 1.54) is 48.5 Å². The van der Waals surface area contributed by atoms with E-state index in [0.717, 1.165) is 0 Å². The maximum absolute atomic E-state index is 13.0. The van der Waals surface area contributed by atoms with Crippen molar-refractivity contribution < 1.29 is 18.1 Å². The monoisotopic (exact) mass is 326 g/mol. The third-order valence-electron chi connectivity index (χ3n) is 2.61. The first-order chi connectivity index (χ1) is 10.4. The highest BCUT2D eigenvalue weighted by atomic mass is 32.2. The number of hydrogen-bond donors (Lipinski definition) is 0. The molecule has 0 aliphatic rings. The molecule has 0 unspecified atom stereocenters. The van der Waals surface area contributed by atoms with Gasteiger partial charge in [-0.1, -0.05) is 30.3 Å². The Labute approximate surface area is 128 Å². The summed E-state index contributed by atoms with van der Waals surface area (Å²) in [7, 11) is 0. The van der Waals surface area contributed by atoms with Crippen LogP contribution in [0.15, 0.2) is 63.9 Å². The molecule has 0 atom stereocenters. The number of nitro groups is 1. The fourth-order valence-corrected chi connectivity index (χ4v) is 2.25. The van der Waals surface area contributed by atoms with Crippen LogP contribution in [-0.4, -0.2) is 16.8 Å². The second kappa shape index (κ2) is 6.61. The topological polar surface area (TPSA) is 55.5 Å². The summed E-state index contributed by atoms with van der Waals surface area (Å²) in [5, 5.41) is 10.5. The standard InChI is InChI=1S/C14H9F3N2O2S/c15-14(16,17)13(10-4-2-1-3-5-10)18-22-12-8-6-11(7-9-12)19(20)21/h1-9H/b18-13+. The van der Waals surface area contributed by atoms with E-state index in [9.17, 15) is 23.3 Å². The fraction of sp³-hybridized carbons (Fsp3) is 0.0714. The van der Waals surface area contributed by atoms with Crippen LogP contribution in [0.3, 0.4) is 0 Å². The zero-order valence-corrected chi connectivity index (χ0v) is 11.8. The lowest BCUT2D eigenvalue weighted by atomic mass is 10.1.